The van der Waals surface area contributed by atoms with Gasteiger partial charge >= 0.3 is 0 Å². The highest BCUT2D eigenvalue weighted by molar-refractivity contribution is 5.30. The first kappa shape index (κ1) is 10.9. The predicted molar refractivity (Wildman–Crippen MR) is 62.9 cm³/mol. The molecule has 0 spiro atoms. The Balaban J connectivity index is 2.16. The molecule has 0 atom stereocenters. The van der Waals surface area contributed by atoms with Crippen LogP contribution in [0.2, 0.25) is 0 Å². The van der Waals surface area contributed by atoms with Crippen LogP contribution in [-0.4, -0.2) is 26.8 Å². The number of ether oxygens (including phenoxy) is 1. The number of hydrogen-bond acceptors (Lipinski definition) is 2. The minimum Gasteiger partial charge on any atom is -0.381 e. The molecule has 0 aromatic carbocycles. The van der Waals surface area contributed by atoms with Gasteiger partial charge in [-0.25, -0.2) is 0 Å². The first-order valence-electron chi connectivity index (χ1n) is 5.97. The molecule has 0 saturated carbocycles. The molecule has 0 aromatic heterocycles. The van der Waals surface area contributed by atoms with Crippen LogP contribution in [0.3, 0.4) is 0 Å². The van der Waals surface area contributed by atoms with E-state index in [1.165, 1.54) is 18.4 Å². The van der Waals surface area contributed by atoms with Gasteiger partial charge in [0.15, 0.2) is 0 Å². The Morgan fingerprint density at radius 1 is 1.33 bits per heavy atom. The average molecular weight is 207 g/mol. The third-order valence-electron chi connectivity index (χ3n) is 3.57. The van der Waals surface area contributed by atoms with E-state index in [9.17, 15) is 0 Å². The first-order chi connectivity index (χ1) is 7.37. The van der Waals surface area contributed by atoms with Gasteiger partial charge in [0.25, 0.3) is 0 Å². The minimum atomic E-state index is 0.337. The maximum Gasteiger partial charge on any atom is 0.0475 e. The fourth-order valence-corrected chi connectivity index (χ4v) is 2.67. The SMILES string of the molecule is CNCC1(C2=CCCC=C2)CCOCC1. The molecule has 2 nitrogen and oxygen atoms in total. The van der Waals surface area contributed by atoms with E-state index >= 15 is 0 Å². The van der Waals surface area contributed by atoms with Crippen LogP contribution in [-0.2, 0) is 4.74 Å². The second-order valence-corrected chi connectivity index (χ2v) is 4.56. The number of rotatable bonds is 3. The van der Waals surface area contributed by atoms with Crippen molar-refractivity contribution in [3.8, 4) is 0 Å². The molecule has 84 valence electrons. The fraction of sp³-hybridized carbons (Fsp3) is 0.692. The van der Waals surface area contributed by atoms with Crippen LogP contribution in [0.1, 0.15) is 25.7 Å². The first-order valence-corrected chi connectivity index (χ1v) is 5.97. The zero-order valence-corrected chi connectivity index (χ0v) is 9.59. The summed E-state index contributed by atoms with van der Waals surface area (Å²) in [5.74, 6) is 0. The topological polar surface area (TPSA) is 21.3 Å². The van der Waals surface area contributed by atoms with Crippen LogP contribution in [0, 0.1) is 5.41 Å². The molecule has 1 aliphatic heterocycles. The third-order valence-corrected chi connectivity index (χ3v) is 3.57. The largest absolute Gasteiger partial charge is 0.381 e. The zero-order valence-electron chi connectivity index (χ0n) is 9.59. The van der Waals surface area contributed by atoms with Crippen LogP contribution < -0.4 is 5.32 Å². The Hall–Kier alpha value is -0.600. The van der Waals surface area contributed by atoms with Gasteiger partial charge in [0, 0.05) is 25.2 Å². The summed E-state index contributed by atoms with van der Waals surface area (Å²) in [4.78, 5) is 0. The molecule has 1 fully saturated rings. The summed E-state index contributed by atoms with van der Waals surface area (Å²) in [6, 6.07) is 0. The van der Waals surface area contributed by atoms with E-state index in [0.29, 0.717) is 5.41 Å². The average Bonchev–Trinajstić information content (AvgIpc) is 2.32. The van der Waals surface area contributed by atoms with Crippen LogP contribution in [0.25, 0.3) is 0 Å². The van der Waals surface area contributed by atoms with Gasteiger partial charge in [-0.1, -0.05) is 18.2 Å². The van der Waals surface area contributed by atoms with Crippen molar-refractivity contribution in [2.75, 3.05) is 26.8 Å². The highest BCUT2D eigenvalue weighted by Gasteiger charge is 2.34. The molecule has 0 aromatic rings. The lowest BCUT2D eigenvalue weighted by molar-refractivity contribution is 0.0343. The van der Waals surface area contributed by atoms with Crippen LogP contribution in [0.5, 0.6) is 0 Å². The lowest BCUT2D eigenvalue weighted by Crippen LogP contribution is -2.39. The molecule has 0 bridgehead atoms. The fourth-order valence-electron chi connectivity index (χ4n) is 2.67. The quantitative estimate of drug-likeness (QED) is 0.766. The summed E-state index contributed by atoms with van der Waals surface area (Å²) in [7, 11) is 2.05. The molecule has 1 heterocycles. The van der Waals surface area contributed by atoms with Gasteiger partial charge < -0.3 is 10.1 Å². The van der Waals surface area contributed by atoms with Crippen molar-refractivity contribution in [1.29, 1.82) is 0 Å². The van der Waals surface area contributed by atoms with E-state index in [2.05, 4.69) is 23.5 Å². The summed E-state index contributed by atoms with van der Waals surface area (Å²) in [6.07, 6.45) is 11.8. The van der Waals surface area contributed by atoms with Crippen LogP contribution in [0.4, 0.5) is 0 Å². The van der Waals surface area contributed by atoms with Crippen molar-refractivity contribution >= 4 is 0 Å². The number of hydrogen-bond donors (Lipinski definition) is 1. The second-order valence-electron chi connectivity index (χ2n) is 4.56. The highest BCUT2D eigenvalue weighted by Crippen LogP contribution is 2.39. The maximum atomic E-state index is 5.48. The molecule has 2 heteroatoms. The van der Waals surface area contributed by atoms with Gasteiger partial charge in [-0.2, -0.15) is 0 Å². The van der Waals surface area contributed by atoms with Gasteiger partial charge in [-0.15, -0.1) is 0 Å². The van der Waals surface area contributed by atoms with Crippen molar-refractivity contribution in [3.63, 3.8) is 0 Å². The van der Waals surface area contributed by atoms with E-state index in [4.69, 9.17) is 4.74 Å². The summed E-state index contributed by atoms with van der Waals surface area (Å²) in [5, 5.41) is 3.35. The molecular formula is C13H21NO. The smallest absolute Gasteiger partial charge is 0.0475 e. The zero-order chi connectivity index (χ0) is 10.6. The molecule has 0 amide bonds. The van der Waals surface area contributed by atoms with E-state index in [1.807, 2.05) is 7.05 Å². The monoisotopic (exact) mass is 207 g/mol. The Bertz CT molecular complexity index is 256. The molecule has 2 rings (SSSR count). The van der Waals surface area contributed by atoms with Gasteiger partial charge in [0.2, 0.25) is 0 Å². The molecule has 1 saturated heterocycles. The van der Waals surface area contributed by atoms with Crippen LogP contribution >= 0.6 is 0 Å². The normalized spacial score (nSPS) is 25.0. The standard InChI is InChI=1S/C13H21NO/c1-14-11-13(7-9-15-10-8-13)12-5-3-2-4-6-12/h3,5-6,14H,2,4,7-11H2,1H3. The van der Waals surface area contributed by atoms with E-state index in [0.717, 1.165) is 32.6 Å². The Morgan fingerprint density at radius 3 is 2.73 bits per heavy atom. The molecule has 2 aliphatic rings. The van der Waals surface area contributed by atoms with Crippen molar-refractivity contribution in [1.82, 2.24) is 5.32 Å². The van der Waals surface area contributed by atoms with Gasteiger partial charge in [-0.3, -0.25) is 0 Å². The molecule has 0 unspecified atom stereocenters. The van der Waals surface area contributed by atoms with Crippen LogP contribution in [0.15, 0.2) is 23.8 Å². The van der Waals surface area contributed by atoms with E-state index in [-0.39, 0.29) is 0 Å². The highest BCUT2D eigenvalue weighted by atomic mass is 16.5. The molecule has 1 aliphatic carbocycles. The Morgan fingerprint density at radius 2 is 2.13 bits per heavy atom. The second kappa shape index (κ2) is 4.95. The number of allylic oxidation sites excluding steroid dienone is 3. The van der Waals surface area contributed by atoms with Gasteiger partial charge in [0.1, 0.15) is 0 Å². The van der Waals surface area contributed by atoms with Crippen molar-refractivity contribution in [3.05, 3.63) is 23.8 Å². The Kier molecular flexibility index (Phi) is 3.60. The predicted octanol–water partition coefficient (Wildman–Crippen LogP) is 2.28. The molecule has 1 N–H and O–H groups in total. The van der Waals surface area contributed by atoms with E-state index in [1.54, 1.807) is 0 Å². The summed E-state index contributed by atoms with van der Waals surface area (Å²) >= 11 is 0. The van der Waals surface area contributed by atoms with E-state index < -0.39 is 0 Å². The number of nitrogens with one attached hydrogen (secondary N) is 1. The molecule has 15 heavy (non-hydrogen) atoms. The maximum absolute atomic E-state index is 5.48. The molecular weight excluding hydrogens is 186 g/mol. The van der Waals surface area contributed by atoms with Gasteiger partial charge in [-0.05, 0) is 38.3 Å². The summed E-state index contributed by atoms with van der Waals surface area (Å²) in [6.45, 7) is 2.90. The summed E-state index contributed by atoms with van der Waals surface area (Å²) < 4.78 is 5.48. The van der Waals surface area contributed by atoms with Gasteiger partial charge in [0.05, 0.1) is 0 Å². The molecule has 0 radical (unpaired) electrons. The third kappa shape index (κ3) is 2.32. The minimum absolute atomic E-state index is 0.337. The van der Waals surface area contributed by atoms with Crippen molar-refractivity contribution in [2.45, 2.75) is 25.7 Å². The van der Waals surface area contributed by atoms with Crippen molar-refractivity contribution in [2.24, 2.45) is 5.41 Å². The van der Waals surface area contributed by atoms with Crippen molar-refractivity contribution < 1.29 is 4.74 Å². The Labute approximate surface area is 92.4 Å². The lowest BCUT2D eigenvalue weighted by atomic mass is 9.72. The summed E-state index contributed by atoms with van der Waals surface area (Å²) in [5.41, 5.74) is 1.87. The lowest BCUT2D eigenvalue weighted by Gasteiger charge is -2.39.